The monoisotopic (exact) mass is 262 g/mol. The van der Waals surface area contributed by atoms with Crippen molar-refractivity contribution in [2.75, 3.05) is 12.3 Å². The highest BCUT2D eigenvalue weighted by atomic mass is 32.2. The van der Waals surface area contributed by atoms with E-state index in [1.165, 1.54) is 19.3 Å². The second kappa shape index (κ2) is 7.34. The van der Waals surface area contributed by atoms with Crippen LogP contribution >= 0.6 is 0 Å². The van der Waals surface area contributed by atoms with Crippen molar-refractivity contribution in [1.82, 2.24) is 4.72 Å². The fourth-order valence-electron chi connectivity index (χ4n) is 2.50. The molecule has 0 amide bonds. The van der Waals surface area contributed by atoms with Crippen LogP contribution in [0.3, 0.4) is 0 Å². The summed E-state index contributed by atoms with van der Waals surface area (Å²) in [5.74, 6) is 0.664. The lowest BCUT2D eigenvalue weighted by Gasteiger charge is -2.29. The normalized spacial score (nSPS) is 20.4. The molecule has 17 heavy (non-hydrogen) atoms. The van der Waals surface area contributed by atoms with Crippen LogP contribution in [0.25, 0.3) is 0 Å². The van der Waals surface area contributed by atoms with Crippen LogP contribution in [0.5, 0.6) is 0 Å². The van der Waals surface area contributed by atoms with Crippen molar-refractivity contribution in [1.29, 1.82) is 0 Å². The Balaban J connectivity index is 2.50. The van der Waals surface area contributed by atoms with Gasteiger partial charge >= 0.3 is 0 Å². The molecule has 3 N–H and O–H groups in total. The number of unbranched alkanes of at least 4 members (excludes halogenated alkanes) is 1. The van der Waals surface area contributed by atoms with Crippen LogP contribution < -0.4 is 10.5 Å². The van der Waals surface area contributed by atoms with E-state index in [1.807, 2.05) is 6.92 Å². The summed E-state index contributed by atoms with van der Waals surface area (Å²) in [6.45, 7) is 2.41. The van der Waals surface area contributed by atoms with Crippen molar-refractivity contribution in [2.24, 2.45) is 11.7 Å². The van der Waals surface area contributed by atoms with Gasteiger partial charge in [0.2, 0.25) is 10.0 Å². The molecule has 0 radical (unpaired) electrons. The van der Waals surface area contributed by atoms with E-state index in [9.17, 15) is 8.42 Å². The van der Waals surface area contributed by atoms with Crippen LogP contribution in [0.4, 0.5) is 0 Å². The van der Waals surface area contributed by atoms with Gasteiger partial charge in [-0.3, -0.25) is 0 Å². The van der Waals surface area contributed by atoms with Gasteiger partial charge in [0.05, 0.1) is 5.75 Å². The molecule has 1 atom stereocenters. The molecule has 0 saturated heterocycles. The van der Waals surface area contributed by atoms with E-state index in [1.54, 1.807) is 0 Å². The van der Waals surface area contributed by atoms with Crippen LogP contribution in [-0.2, 0) is 10.0 Å². The maximum absolute atomic E-state index is 11.8. The zero-order valence-corrected chi connectivity index (χ0v) is 11.6. The second-order valence-electron chi connectivity index (χ2n) is 5.03. The molecule has 5 heteroatoms. The Kier molecular flexibility index (Phi) is 6.44. The third kappa shape index (κ3) is 5.36. The third-order valence-electron chi connectivity index (χ3n) is 3.57. The van der Waals surface area contributed by atoms with Gasteiger partial charge in [0, 0.05) is 12.6 Å². The van der Waals surface area contributed by atoms with E-state index in [4.69, 9.17) is 5.73 Å². The average molecular weight is 262 g/mol. The summed E-state index contributed by atoms with van der Waals surface area (Å²) in [5, 5.41) is 0. The molecule has 1 aliphatic rings. The molecule has 0 spiro atoms. The first-order valence-corrected chi connectivity index (χ1v) is 8.44. The van der Waals surface area contributed by atoms with Gasteiger partial charge < -0.3 is 5.73 Å². The molecule has 0 aromatic heterocycles. The molecule has 1 saturated carbocycles. The van der Waals surface area contributed by atoms with E-state index in [-0.39, 0.29) is 11.8 Å². The number of hydrogen-bond acceptors (Lipinski definition) is 3. The summed E-state index contributed by atoms with van der Waals surface area (Å²) in [5.41, 5.74) is 5.71. The number of hydrogen-bond donors (Lipinski definition) is 2. The summed E-state index contributed by atoms with van der Waals surface area (Å²) in [7, 11) is -3.13. The van der Waals surface area contributed by atoms with Crippen LogP contribution in [0.2, 0.25) is 0 Å². The molecule has 4 nitrogen and oxygen atoms in total. The highest BCUT2D eigenvalue weighted by Gasteiger charge is 2.26. The van der Waals surface area contributed by atoms with E-state index in [2.05, 4.69) is 4.72 Å². The number of nitrogens with one attached hydrogen (secondary N) is 1. The largest absolute Gasteiger partial charge is 0.329 e. The van der Waals surface area contributed by atoms with Crippen LogP contribution in [0, 0.1) is 5.92 Å². The van der Waals surface area contributed by atoms with Crippen molar-refractivity contribution in [3.63, 3.8) is 0 Å². The first-order valence-electron chi connectivity index (χ1n) is 6.79. The Morgan fingerprint density at radius 1 is 1.29 bits per heavy atom. The highest BCUT2D eigenvalue weighted by molar-refractivity contribution is 7.89. The molecule has 102 valence electrons. The van der Waals surface area contributed by atoms with Crippen molar-refractivity contribution in [3.8, 4) is 0 Å². The van der Waals surface area contributed by atoms with Gasteiger partial charge in [0.15, 0.2) is 0 Å². The van der Waals surface area contributed by atoms with E-state index in [0.717, 1.165) is 25.7 Å². The van der Waals surface area contributed by atoms with Crippen LogP contribution in [0.15, 0.2) is 0 Å². The van der Waals surface area contributed by atoms with Gasteiger partial charge in [-0.15, -0.1) is 0 Å². The Morgan fingerprint density at radius 2 is 1.94 bits per heavy atom. The predicted octanol–water partition coefficient (Wildman–Crippen LogP) is 1.61. The van der Waals surface area contributed by atoms with Crippen LogP contribution in [-0.4, -0.2) is 26.8 Å². The average Bonchev–Trinajstić information content (AvgIpc) is 2.35. The Bertz CT molecular complexity index is 298. The Hall–Kier alpha value is -0.130. The summed E-state index contributed by atoms with van der Waals surface area (Å²) < 4.78 is 26.5. The van der Waals surface area contributed by atoms with Crippen LogP contribution in [0.1, 0.15) is 51.9 Å². The van der Waals surface area contributed by atoms with Gasteiger partial charge in [-0.1, -0.05) is 32.6 Å². The number of rotatable bonds is 7. The van der Waals surface area contributed by atoms with Gasteiger partial charge in [-0.25, -0.2) is 13.1 Å². The molecular formula is C12H26N2O2S. The topological polar surface area (TPSA) is 72.2 Å². The summed E-state index contributed by atoms with van der Waals surface area (Å²) >= 11 is 0. The zero-order chi connectivity index (χ0) is 12.7. The van der Waals surface area contributed by atoms with E-state index in [0.29, 0.717) is 12.5 Å². The van der Waals surface area contributed by atoms with Crippen molar-refractivity contribution >= 4 is 10.0 Å². The smallest absolute Gasteiger partial charge is 0.211 e. The van der Waals surface area contributed by atoms with Crippen molar-refractivity contribution in [3.05, 3.63) is 0 Å². The van der Waals surface area contributed by atoms with Gasteiger partial charge in [-0.05, 0) is 25.2 Å². The molecular weight excluding hydrogens is 236 g/mol. The fourth-order valence-corrected chi connectivity index (χ4v) is 4.03. The molecule has 0 bridgehead atoms. The molecule has 1 unspecified atom stereocenters. The Labute approximate surface area is 105 Å². The van der Waals surface area contributed by atoms with E-state index >= 15 is 0 Å². The van der Waals surface area contributed by atoms with Gasteiger partial charge in [0.1, 0.15) is 0 Å². The predicted molar refractivity (Wildman–Crippen MR) is 71.2 cm³/mol. The highest BCUT2D eigenvalue weighted by Crippen LogP contribution is 2.26. The number of sulfonamides is 1. The lowest BCUT2D eigenvalue weighted by Crippen LogP contribution is -2.46. The quantitative estimate of drug-likeness (QED) is 0.732. The minimum atomic E-state index is -3.13. The maximum Gasteiger partial charge on any atom is 0.211 e. The molecule has 1 aliphatic carbocycles. The number of nitrogens with two attached hydrogens (primary N) is 1. The molecule has 0 aromatic carbocycles. The summed E-state index contributed by atoms with van der Waals surface area (Å²) in [6.07, 6.45) is 7.53. The summed E-state index contributed by atoms with van der Waals surface area (Å²) in [4.78, 5) is 0. The lowest BCUT2D eigenvalue weighted by atomic mass is 9.84. The molecule has 1 rings (SSSR count). The second-order valence-corrected chi connectivity index (χ2v) is 6.90. The zero-order valence-electron chi connectivity index (χ0n) is 10.8. The third-order valence-corrected chi connectivity index (χ3v) is 5.06. The summed E-state index contributed by atoms with van der Waals surface area (Å²) in [6, 6.07) is -0.0582. The lowest BCUT2D eigenvalue weighted by molar-refractivity contribution is 0.294. The minimum absolute atomic E-state index is 0.0582. The Morgan fingerprint density at radius 3 is 2.47 bits per heavy atom. The van der Waals surface area contributed by atoms with Gasteiger partial charge in [0.25, 0.3) is 0 Å². The minimum Gasteiger partial charge on any atom is -0.329 e. The molecule has 0 aromatic rings. The SMILES string of the molecule is CCCCS(=O)(=O)NC(CN)C1CCCCC1. The standard InChI is InChI=1S/C12H26N2O2S/c1-2-3-9-17(15,16)14-12(10-13)11-7-5-4-6-8-11/h11-12,14H,2-10,13H2,1H3. The molecule has 1 fully saturated rings. The van der Waals surface area contributed by atoms with E-state index < -0.39 is 10.0 Å². The molecule has 0 aliphatic heterocycles. The fraction of sp³-hybridized carbons (Fsp3) is 1.00. The first-order chi connectivity index (χ1) is 8.09. The van der Waals surface area contributed by atoms with Gasteiger partial charge in [-0.2, -0.15) is 0 Å². The van der Waals surface area contributed by atoms with Crippen molar-refractivity contribution in [2.45, 2.75) is 57.9 Å². The first kappa shape index (κ1) is 14.9. The molecule has 0 heterocycles. The maximum atomic E-state index is 11.8. The van der Waals surface area contributed by atoms with Crippen molar-refractivity contribution < 1.29 is 8.42 Å².